The fourth-order valence-electron chi connectivity index (χ4n) is 2.31. The Morgan fingerprint density at radius 3 is 2.17 bits per heavy atom. The summed E-state index contributed by atoms with van der Waals surface area (Å²) in [6.07, 6.45) is 0. The second kappa shape index (κ2) is 6.03. The van der Waals surface area contributed by atoms with Gasteiger partial charge in [-0.15, -0.1) is 0 Å². The molecule has 2 nitrogen and oxygen atoms in total. The number of hydrogen-bond acceptors (Lipinski definition) is 2. The van der Waals surface area contributed by atoms with Crippen LogP contribution in [0.3, 0.4) is 0 Å². The molecule has 0 heterocycles. The summed E-state index contributed by atoms with van der Waals surface area (Å²) in [7, 11) is 0. The van der Waals surface area contributed by atoms with E-state index in [-0.39, 0.29) is 17.8 Å². The molecule has 100 valence electrons. The molecule has 1 rings (SSSR count). The van der Waals surface area contributed by atoms with Crippen LogP contribution >= 0.6 is 0 Å². The maximum Gasteiger partial charge on any atom is 0.313 e. The van der Waals surface area contributed by atoms with Crippen LogP contribution in [0.25, 0.3) is 0 Å². The van der Waals surface area contributed by atoms with Gasteiger partial charge in [0.25, 0.3) is 0 Å². The van der Waals surface area contributed by atoms with Crippen LogP contribution in [-0.2, 0) is 9.53 Å². The van der Waals surface area contributed by atoms with E-state index in [1.165, 1.54) is 16.7 Å². The predicted molar refractivity (Wildman–Crippen MR) is 74.9 cm³/mol. The maximum absolute atomic E-state index is 12.1. The summed E-state index contributed by atoms with van der Waals surface area (Å²) in [5.74, 6) is -0.0343. The van der Waals surface area contributed by atoms with Crippen LogP contribution < -0.4 is 0 Å². The first kappa shape index (κ1) is 14.7. The SMILES string of the molecule is CCOC(=O)C(c1cc(C)c(C)cc1C)C(C)C. The number of carbonyl (C=O) groups excluding carboxylic acids is 1. The summed E-state index contributed by atoms with van der Waals surface area (Å²) in [4.78, 5) is 12.1. The molecular weight excluding hydrogens is 224 g/mol. The van der Waals surface area contributed by atoms with Crippen molar-refractivity contribution in [3.63, 3.8) is 0 Å². The number of hydrogen-bond donors (Lipinski definition) is 0. The highest BCUT2D eigenvalue weighted by Gasteiger charge is 2.27. The van der Waals surface area contributed by atoms with Crippen LogP contribution in [-0.4, -0.2) is 12.6 Å². The first-order valence-electron chi connectivity index (χ1n) is 6.62. The molecule has 0 aliphatic rings. The van der Waals surface area contributed by atoms with E-state index in [4.69, 9.17) is 4.74 Å². The summed E-state index contributed by atoms with van der Waals surface area (Å²) >= 11 is 0. The molecule has 0 saturated carbocycles. The van der Waals surface area contributed by atoms with E-state index < -0.39 is 0 Å². The second-order valence-corrected chi connectivity index (χ2v) is 5.27. The monoisotopic (exact) mass is 248 g/mol. The first-order valence-corrected chi connectivity index (χ1v) is 6.62. The third kappa shape index (κ3) is 3.12. The Morgan fingerprint density at radius 2 is 1.67 bits per heavy atom. The van der Waals surface area contributed by atoms with Crippen molar-refractivity contribution in [2.24, 2.45) is 5.92 Å². The van der Waals surface area contributed by atoms with Gasteiger partial charge in [0.15, 0.2) is 0 Å². The van der Waals surface area contributed by atoms with Gasteiger partial charge in [0.2, 0.25) is 0 Å². The van der Waals surface area contributed by atoms with Crippen LogP contribution in [0.15, 0.2) is 12.1 Å². The lowest BCUT2D eigenvalue weighted by Crippen LogP contribution is -2.22. The van der Waals surface area contributed by atoms with Gasteiger partial charge in [-0.1, -0.05) is 26.0 Å². The van der Waals surface area contributed by atoms with Gasteiger partial charge in [-0.3, -0.25) is 4.79 Å². The summed E-state index contributed by atoms with van der Waals surface area (Å²) in [6, 6.07) is 4.28. The minimum Gasteiger partial charge on any atom is -0.466 e. The van der Waals surface area contributed by atoms with E-state index >= 15 is 0 Å². The van der Waals surface area contributed by atoms with Crippen molar-refractivity contribution < 1.29 is 9.53 Å². The zero-order chi connectivity index (χ0) is 13.9. The molecule has 0 amide bonds. The molecule has 0 aliphatic carbocycles. The molecule has 0 saturated heterocycles. The molecule has 0 spiro atoms. The molecule has 18 heavy (non-hydrogen) atoms. The number of esters is 1. The van der Waals surface area contributed by atoms with E-state index in [1.54, 1.807) is 0 Å². The highest BCUT2D eigenvalue weighted by Crippen LogP contribution is 2.30. The van der Waals surface area contributed by atoms with Crippen LogP contribution in [0.5, 0.6) is 0 Å². The van der Waals surface area contributed by atoms with E-state index in [2.05, 4.69) is 46.8 Å². The molecule has 0 radical (unpaired) electrons. The second-order valence-electron chi connectivity index (χ2n) is 5.27. The highest BCUT2D eigenvalue weighted by atomic mass is 16.5. The molecule has 2 heteroatoms. The Labute approximate surface area is 110 Å². The number of aryl methyl sites for hydroxylation is 3. The van der Waals surface area contributed by atoms with Gasteiger partial charge in [0, 0.05) is 0 Å². The van der Waals surface area contributed by atoms with Crippen LogP contribution in [0.4, 0.5) is 0 Å². The van der Waals surface area contributed by atoms with Gasteiger partial charge < -0.3 is 4.74 Å². The lowest BCUT2D eigenvalue weighted by Gasteiger charge is -2.22. The Kier molecular flexibility index (Phi) is 4.94. The molecule has 1 aromatic carbocycles. The topological polar surface area (TPSA) is 26.3 Å². The van der Waals surface area contributed by atoms with Crippen molar-refractivity contribution >= 4 is 5.97 Å². The number of rotatable bonds is 4. The van der Waals surface area contributed by atoms with E-state index in [9.17, 15) is 4.79 Å². The third-order valence-electron chi connectivity index (χ3n) is 3.42. The summed E-state index contributed by atoms with van der Waals surface area (Å²) in [6.45, 7) is 12.7. The fourth-order valence-corrected chi connectivity index (χ4v) is 2.31. The molecule has 0 bridgehead atoms. The zero-order valence-electron chi connectivity index (χ0n) is 12.3. The van der Waals surface area contributed by atoms with Crippen molar-refractivity contribution in [3.8, 4) is 0 Å². The van der Waals surface area contributed by atoms with Gasteiger partial charge in [0.05, 0.1) is 12.5 Å². The van der Waals surface area contributed by atoms with Gasteiger partial charge in [-0.25, -0.2) is 0 Å². The normalized spacial score (nSPS) is 12.6. The predicted octanol–water partition coefficient (Wildman–Crippen LogP) is 3.91. The first-order chi connectivity index (χ1) is 8.38. The molecule has 1 atom stereocenters. The van der Waals surface area contributed by atoms with Gasteiger partial charge in [0.1, 0.15) is 0 Å². The summed E-state index contributed by atoms with van der Waals surface area (Å²) < 4.78 is 5.21. The Morgan fingerprint density at radius 1 is 1.11 bits per heavy atom. The smallest absolute Gasteiger partial charge is 0.313 e. The van der Waals surface area contributed by atoms with Crippen molar-refractivity contribution in [1.29, 1.82) is 0 Å². The van der Waals surface area contributed by atoms with Crippen LogP contribution in [0, 0.1) is 26.7 Å². The summed E-state index contributed by atoms with van der Waals surface area (Å²) in [5.41, 5.74) is 4.77. The molecule has 1 unspecified atom stereocenters. The largest absolute Gasteiger partial charge is 0.466 e. The van der Waals surface area contributed by atoms with Crippen molar-refractivity contribution in [3.05, 3.63) is 34.4 Å². The van der Waals surface area contributed by atoms with Crippen molar-refractivity contribution in [2.45, 2.75) is 47.5 Å². The van der Waals surface area contributed by atoms with Crippen molar-refractivity contribution in [1.82, 2.24) is 0 Å². The maximum atomic E-state index is 12.1. The third-order valence-corrected chi connectivity index (χ3v) is 3.42. The highest BCUT2D eigenvalue weighted by molar-refractivity contribution is 5.79. The van der Waals surface area contributed by atoms with Gasteiger partial charge in [-0.2, -0.15) is 0 Å². The van der Waals surface area contributed by atoms with Crippen LogP contribution in [0.2, 0.25) is 0 Å². The molecule has 1 aromatic rings. The van der Waals surface area contributed by atoms with E-state index in [0.717, 1.165) is 5.56 Å². The van der Waals surface area contributed by atoms with E-state index in [0.29, 0.717) is 6.61 Å². The molecule has 0 N–H and O–H groups in total. The lowest BCUT2D eigenvalue weighted by atomic mass is 9.84. The molecule has 0 aromatic heterocycles. The number of benzene rings is 1. The zero-order valence-corrected chi connectivity index (χ0v) is 12.3. The number of carbonyl (C=O) groups is 1. The average Bonchev–Trinajstić information content (AvgIpc) is 2.25. The molecule has 0 fully saturated rings. The lowest BCUT2D eigenvalue weighted by molar-refractivity contribution is -0.146. The molecular formula is C16H24O2. The van der Waals surface area contributed by atoms with Gasteiger partial charge in [-0.05, 0) is 55.9 Å². The van der Waals surface area contributed by atoms with Crippen molar-refractivity contribution in [2.75, 3.05) is 6.61 Å². The Bertz CT molecular complexity index is 433. The number of ether oxygens (including phenoxy) is 1. The van der Waals surface area contributed by atoms with Gasteiger partial charge >= 0.3 is 5.97 Å². The quantitative estimate of drug-likeness (QED) is 0.755. The minimum absolute atomic E-state index is 0.112. The minimum atomic E-state index is -0.163. The molecule has 0 aliphatic heterocycles. The van der Waals surface area contributed by atoms with Crippen LogP contribution in [0.1, 0.15) is 48.9 Å². The standard InChI is InChI=1S/C16H24O2/c1-7-18-16(17)15(10(2)3)14-9-12(5)11(4)8-13(14)6/h8-10,15H,7H2,1-6H3. The average molecular weight is 248 g/mol. The Balaban J connectivity index is 3.22. The van der Waals surface area contributed by atoms with E-state index in [1.807, 2.05) is 6.92 Å². The fraction of sp³-hybridized carbons (Fsp3) is 0.562. The Hall–Kier alpha value is -1.31. The summed E-state index contributed by atoms with van der Waals surface area (Å²) in [5, 5.41) is 0.